The lowest BCUT2D eigenvalue weighted by Crippen LogP contribution is -2.28. The van der Waals surface area contributed by atoms with Crippen molar-refractivity contribution in [1.29, 1.82) is 0 Å². The van der Waals surface area contributed by atoms with Crippen LogP contribution in [0.1, 0.15) is 49.7 Å². The number of methoxy groups -OCH3 is 2. The highest BCUT2D eigenvalue weighted by Crippen LogP contribution is 2.42. The maximum absolute atomic E-state index is 12.8. The highest BCUT2D eigenvalue weighted by Gasteiger charge is 2.35. The van der Waals surface area contributed by atoms with Crippen molar-refractivity contribution >= 4 is 23.0 Å². The summed E-state index contributed by atoms with van der Waals surface area (Å²) in [5, 5.41) is 2.97. The van der Waals surface area contributed by atoms with Gasteiger partial charge < -0.3 is 14.8 Å². The number of nitrogens with zero attached hydrogens (tertiary/aromatic N) is 2. The van der Waals surface area contributed by atoms with Crippen LogP contribution in [0.15, 0.2) is 41.4 Å². The van der Waals surface area contributed by atoms with Crippen molar-refractivity contribution in [3.8, 4) is 11.5 Å². The standard InChI is InChI=1S/C25H31N3O3/c1-4-20(24-19-14-22(30-2)23(31-3)15-21(19)27-25(24)29)26-18-10-8-17(9-11-18)16-28-12-6-5-7-13-28/h8-11,14-15,24H,4-7,12-13,16H2,1-3H3,(H,27,29). The van der Waals surface area contributed by atoms with Crippen LogP contribution < -0.4 is 14.8 Å². The number of carbonyl (C=O) groups is 1. The zero-order chi connectivity index (χ0) is 21.8. The summed E-state index contributed by atoms with van der Waals surface area (Å²) >= 11 is 0. The second-order valence-corrected chi connectivity index (χ2v) is 8.18. The number of rotatable bonds is 7. The number of aliphatic imine (C=N–C) groups is 1. The van der Waals surface area contributed by atoms with Gasteiger partial charge in [-0.15, -0.1) is 0 Å². The van der Waals surface area contributed by atoms with Crippen LogP contribution in [0.3, 0.4) is 0 Å². The van der Waals surface area contributed by atoms with Gasteiger partial charge in [0.15, 0.2) is 11.5 Å². The number of carbonyl (C=O) groups excluding carboxylic acids is 1. The quantitative estimate of drug-likeness (QED) is 0.646. The van der Waals surface area contributed by atoms with Gasteiger partial charge in [-0.05, 0) is 61.7 Å². The number of piperidine rings is 1. The highest BCUT2D eigenvalue weighted by molar-refractivity contribution is 6.19. The molecular formula is C25H31N3O3. The van der Waals surface area contributed by atoms with Gasteiger partial charge in [-0.1, -0.05) is 25.5 Å². The molecule has 1 amide bonds. The summed E-state index contributed by atoms with van der Waals surface area (Å²) in [6, 6.07) is 12.1. The molecule has 1 N–H and O–H groups in total. The first-order valence-electron chi connectivity index (χ1n) is 11.1. The number of hydrogen-bond donors (Lipinski definition) is 1. The van der Waals surface area contributed by atoms with Crippen molar-refractivity contribution in [2.24, 2.45) is 4.99 Å². The molecule has 0 spiro atoms. The molecule has 31 heavy (non-hydrogen) atoms. The van der Waals surface area contributed by atoms with Crippen molar-refractivity contribution < 1.29 is 14.3 Å². The van der Waals surface area contributed by atoms with E-state index < -0.39 is 5.92 Å². The topological polar surface area (TPSA) is 63.2 Å². The van der Waals surface area contributed by atoms with Crippen molar-refractivity contribution in [3.63, 3.8) is 0 Å². The zero-order valence-electron chi connectivity index (χ0n) is 18.6. The number of amides is 1. The van der Waals surface area contributed by atoms with Gasteiger partial charge in [-0.3, -0.25) is 14.7 Å². The number of hydrogen-bond acceptors (Lipinski definition) is 5. The molecule has 0 radical (unpaired) electrons. The monoisotopic (exact) mass is 421 g/mol. The van der Waals surface area contributed by atoms with Gasteiger partial charge in [-0.25, -0.2) is 0 Å². The Labute approximate surface area is 184 Å². The first-order chi connectivity index (χ1) is 15.1. The average Bonchev–Trinajstić information content (AvgIpc) is 3.12. The molecule has 2 aromatic carbocycles. The van der Waals surface area contributed by atoms with E-state index >= 15 is 0 Å². The minimum atomic E-state index is -0.423. The molecule has 164 valence electrons. The largest absolute Gasteiger partial charge is 0.493 e. The Morgan fingerprint density at radius 3 is 2.39 bits per heavy atom. The third-order valence-electron chi connectivity index (χ3n) is 6.15. The van der Waals surface area contributed by atoms with Crippen LogP contribution in [-0.4, -0.2) is 43.8 Å². The van der Waals surface area contributed by atoms with Gasteiger partial charge in [0.05, 0.1) is 19.9 Å². The lowest BCUT2D eigenvalue weighted by molar-refractivity contribution is -0.115. The average molecular weight is 422 g/mol. The molecule has 2 aromatic rings. The van der Waals surface area contributed by atoms with Gasteiger partial charge >= 0.3 is 0 Å². The van der Waals surface area contributed by atoms with E-state index in [0.717, 1.165) is 29.2 Å². The maximum atomic E-state index is 12.8. The minimum Gasteiger partial charge on any atom is -0.493 e. The Kier molecular flexibility index (Phi) is 6.56. The normalized spacial score (nSPS) is 19.1. The number of anilines is 1. The lowest BCUT2D eigenvalue weighted by Gasteiger charge is -2.26. The summed E-state index contributed by atoms with van der Waals surface area (Å²) in [5.74, 6) is 0.724. The molecule has 0 saturated carbocycles. The Morgan fingerprint density at radius 2 is 1.74 bits per heavy atom. The van der Waals surface area contributed by atoms with Crippen molar-refractivity contribution in [1.82, 2.24) is 4.90 Å². The Bertz CT molecular complexity index is 963. The molecule has 0 bridgehead atoms. The molecule has 4 rings (SSSR count). The maximum Gasteiger partial charge on any atom is 0.237 e. The summed E-state index contributed by atoms with van der Waals surface area (Å²) in [4.78, 5) is 20.2. The molecule has 2 heterocycles. The van der Waals surface area contributed by atoms with E-state index in [4.69, 9.17) is 14.5 Å². The van der Waals surface area contributed by atoms with E-state index in [9.17, 15) is 4.79 Å². The summed E-state index contributed by atoms with van der Waals surface area (Å²) < 4.78 is 10.8. The smallest absolute Gasteiger partial charge is 0.237 e. The van der Waals surface area contributed by atoms with Crippen LogP contribution in [-0.2, 0) is 11.3 Å². The van der Waals surface area contributed by atoms with Crippen LogP contribution in [0, 0.1) is 0 Å². The molecular weight excluding hydrogens is 390 g/mol. The van der Waals surface area contributed by atoms with Gasteiger partial charge in [-0.2, -0.15) is 0 Å². The summed E-state index contributed by atoms with van der Waals surface area (Å²) in [7, 11) is 3.19. The predicted molar refractivity (Wildman–Crippen MR) is 124 cm³/mol. The molecule has 1 saturated heterocycles. The summed E-state index contributed by atoms with van der Waals surface area (Å²) in [6.07, 6.45) is 4.62. The van der Waals surface area contributed by atoms with Crippen molar-refractivity contribution in [2.75, 3.05) is 32.6 Å². The second-order valence-electron chi connectivity index (χ2n) is 8.18. The molecule has 1 unspecified atom stereocenters. The fourth-order valence-electron chi connectivity index (χ4n) is 4.48. The molecule has 2 aliphatic rings. The number of likely N-dealkylation sites (tertiary alicyclic amines) is 1. The molecule has 1 atom stereocenters. The Balaban J connectivity index is 1.57. The van der Waals surface area contributed by atoms with Gasteiger partial charge in [0, 0.05) is 24.0 Å². The highest BCUT2D eigenvalue weighted by atomic mass is 16.5. The SMILES string of the molecule is CCC(=Nc1ccc(CN2CCCCC2)cc1)C1C(=O)Nc2cc(OC)c(OC)cc21. The molecule has 0 aromatic heterocycles. The van der Waals surface area contributed by atoms with E-state index in [1.807, 2.05) is 19.1 Å². The lowest BCUT2D eigenvalue weighted by atomic mass is 9.93. The third-order valence-corrected chi connectivity index (χ3v) is 6.15. The van der Waals surface area contributed by atoms with Crippen LogP contribution >= 0.6 is 0 Å². The van der Waals surface area contributed by atoms with E-state index in [1.165, 1.54) is 37.9 Å². The van der Waals surface area contributed by atoms with Gasteiger partial charge in [0.2, 0.25) is 5.91 Å². The van der Waals surface area contributed by atoms with Crippen LogP contribution in [0.5, 0.6) is 11.5 Å². The molecule has 1 fully saturated rings. The summed E-state index contributed by atoms with van der Waals surface area (Å²) in [5.41, 5.74) is 4.66. The Morgan fingerprint density at radius 1 is 1.06 bits per heavy atom. The van der Waals surface area contributed by atoms with E-state index in [0.29, 0.717) is 17.9 Å². The first-order valence-corrected chi connectivity index (χ1v) is 11.1. The molecule has 6 nitrogen and oxygen atoms in total. The Hall–Kier alpha value is -2.86. The van der Waals surface area contributed by atoms with Crippen LogP contribution in [0.25, 0.3) is 0 Å². The van der Waals surface area contributed by atoms with Crippen molar-refractivity contribution in [3.05, 3.63) is 47.5 Å². The van der Waals surface area contributed by atoms with Gasteiger partial charge in [0.25, 0.3) is 0 Å². The fourth-order valence-corrected chi connectivity index (χ4v) is 4.48. The van der Waals surface area contributed by atoms with Crippen molar-refractivity contribution in [2.45, 2.75) is 45.1 Å². The van der Waals surface area contributed by atoms with E-state index in [-0.39, 0.29) is 5.91 Å². The zero-order valence-corrected chi connectivity index (χ0v) is 18.6. The molecule has 2 aliphatic heterocycles. The molecule has 0 aliphatic carbocycles. The number of fused-ring (bicyclic) bond motifs is 1. The third kappa shape index (κ3) is 4.59. The van der Waals surface area contributed by atoms with E-state index in [2.05, 4.69) is 34.5 Å². The number of benzene rings is 2. The fraction of sp³-hybridized carbons (Fsp3) is 0.440. The predicted octanol–water partition coefficient (Wildman–Crippen LogP) is 4.91. The van der Waals surface area contributed by atoms with Crippen LogP contribution in [0.2, 0.25) is 0 Å². The second kappa shape index (κ2) is 9.52. The van der Waals surface area contributed by atoms with Crippen LogP contribution in [0.4, 0.5) is 11.4 Å². The number of ether oxygens (including phenoxy) is 2. The number of nitrogens with one attached hydrogen (secondary N) is 1. The molecule has 6 heteroatoms. The van der Waals surface area contributed by atoms with E-state index in [1.54, 1.807) is 14.2 Å². The minimum absolute atomic E-state index is 0.0624. The first kappa shape index (κ1) is 21.4. The summed E-state index contributed by atoms with van der Waals surface area (Å²) in [6.45, 7) is 5.40. The van der Waals surface area contributed by atoms with Gasteiger partial charge in [0.1, 0.15) is 5.92 Å².